The number of anilines is 1. The van der Waals surface area contributed by atoms with Gasteiger partial charge in [0.25, 0.3) is 5.56 Å². The van der Waals surface area contributed by atoms with Crippen molar-refractivity contribution in [3.8, 4) is 0 Å². The molecule has 0 radical (unpaired) electrons. The Kier molecular flexibility index (Phi) is 5.44. The van der Waals surface area contributed by atoms with Crippen LogP contribution in [0.5, 0.6) is 0 Å². The Morgan fingerprint density at radius 1 is 1.23 bits per heavy atom. The third-order valence-electron chi connectivity index (χ3n) is 4.76. The van der Waals surface area contributed by atoms with Gasteiger partial charge in [0.1, 0.15) is 16.1 Å². The maximum absolute atomic E-state index is 13.1. The first kappa shape index (κ1) is 20.3. The summed E-state index contributed by atoms with van der Waals surface area (Å²) in [5.41, 5.74) is 1.02. The van der Waals surface area contributed by atoms with Crippen LogP contribution < -0.4 is 16.6 Å². The van der Waals surface area contributed by atoms with Gasteiger partial charge in [-0.1, -0.05) is 24.6 Å². The van der Waals surface area contributed by atoms with Gasteiger partial charge in [-0.2, -0.15) is 0 Å². The first-order valence-electron chi connectivity index (χ1n) is 9.47. The first-order chi connectivity index (χ1) is 14.4. The molecule has 9 heteroatoms. The maximum Gasteiger partial charge on any atom is 0.332 e. The van der Waals surface area contributed by atoms with E-state index in [4.69, 9.17) is 11.6 Å². The number of carbonyl (C=O) groups excluding carboxylic acids is 1. The lowest BCUT2D eigenvalue weighted by Crippen LogP contribution is -2.41. The molecular formula is C21H19ClN4O3S. The van der Waals surface area contributed by atoms with E-state index in [1.54, 1.807) is 30.5 Å². The molecule has 154 valence electrons. The van der Waals surface area contributed by atoms with E-state index in [1.165, 1.54) is 20.5 Å². The molecule has 0 saturated carbocycles. The van der Waals surface area contributed by atoms with Crippen LogP contribution in [-0.4, -0.2) is 20.0 Å². The Morgan fingerprint density at radius 3 is 2.77 bits per heavy atom. The van der Waals surface area contributed by atoms with Gasteiger partial charge in [-0.3, -0.25) is 18.7 Å². The third kappa shape index (κ3) is 3.53. The number of thiophene rings is 1. The molecule has 0 spiro atoms. The molecular weight excluding hydrogens is 424 g/mol. The monoisotopic (exact) mass is 442 g/mol. The predicted molar refractivity (Wildman–Crippen MR) is 121 cm³/mol. The number of pyridine rings is 1. The lowest BCUT2D eigenvalue weighted by atomic mass is 10.2. The van der Waals surface area contributed by atoms with Crippen LogP contribution in [0.2, 0.25) is 5.02 Å². The number of nitrogens with zero attached hydrogens (tertiary/aromatic N) is 3. The molecule has 1 amide bonds. The molecule has 0 aliphatic heterocycles. The summed E-state index contributed by atoms with van der Waals surface area (Å²) in [6, 6.07) is 8.85. The van der Waals surface area contributed by atoms with Crippen LogP contribution in [0.25, 0.3) is 20.4 Å². The molecule has 1 aromatic carbocycles. The highest BCUT2D eigenvalue weighted by Crippen LogP contribution is 2.29. The fraction of sp³-hybridized carbons (Fsp3) is 0.238. The summed E-state index contributed by atoms with van der Waals surface area (Å²) in [6.07, 6.45) is 2.26. The highest BCUT2D eigenvalue weighted by atomic mass is 35.5. The van der Waals surface area contributed by atoms with E-state index >= 15 is 0 Å². The number of fused-ring (bicyclic) bond motifs is 3. The van der Waals surface area contributed by atoms with E-state index in [0.717, 1.165) is 5.56 Å². The smallest absolute Gasteiger partial charge is 0.323 e. The average Bonchev–Trinajstić information content (AvgIpc) is 3.10. The van der Waals surface area contributed by atoms with Crippen molar-refractivity contribution < 1.29 is 4.79 Å². The molecule has 0 saturated heterocycles. The summed E-state index contributed by atoms with van der Waals surface area (Å²) < 4.78 is 2.95. The molecule has 3 aromatic heterocycles. The number of hydrogen-bond acceptors (Lipinski definition) is 5. The van der Waals surface area contributed by atoms with E-state index in [2.05, 4.69) is 10.3 Å². The number of rotatable bonds is 5. The van der Waals surface area contributed by atoms with E-state index in [0.29, 0.717) is 37.6 Å². The summed E-state index contributed by atoms with van der Waals surface area (Å²) in [4.78, 5) is 43.8. The lowest BCUT2D eigenvalue weighted by Gasteiger charge is -2.13. The van der Waals surface area contributed by atoms with Crippen LogP contribution in [0.4, 0.5) is 5.69 Å². The van der Waals surface area contributed by atoms with Crippen molar-refractivity contribution in [2.24, 2.45) is 0 Å². The first-order valence-corrected chi connectivity index (χ1v) is 10.7. The Labute approximate surface area is 180 Å². The largest absolute Gasteiger partial charge is 0.332 e. The Hall–Kier alpha value is -2.97. The molecule has 0 aliphatic rings. The fourth-order valence-electron chi connectivity index (χ4n) is 3.41. The molecule has 0 atom stereocenters. The molecule has 0 unspecified atom stereocenters. The van der Waals surface area contributed by atoms with Crippen LogP contribution in [0.1, 0.15) is 18.9 Å². The van der Waals surface area contributed by atoms with Crippen molar-refractivity contribution in [2.75, 3.05) is 5.32 Å². The normalized spacial score (nSPS) is 11.3. The number of benzene rings is 1. The standard InChI is InChI=1S/C21H19ClN4O3S/c1-3-9-25-20(28)18-17(13-5-4-8-23-19(13)30-18)26(21(25)29)11-16(27)24-15-7-6-12(2)10-14(15)22/h4-8,10H,3,9,11H2,1-2H3,(H,24,27). The summed E-state index contributed by atoms with van der Waals surface area (Å²) in [5, 5.41) is 3.85. The van der Waals surface area contributed by atoms with Crippen LogP contribution >= 0.6 is 22.9 Å². The Balaban J connectivity index is 1.85. The van der Waals surface area contributed by atoms with E-state index < -0.39 is 11.6 Å². The van der Waals surface area contributed by atoms with Crippen LogP contribution in [0.3, 0.4) is 0 Å². The van der Waals surface area contributed by atoms with Crippen LogP contribution in [0, 0.1) is 6.92 Å². The van der Waals surface area contributed by atoms with Crippen molar-refractivity contribution in [1.82, 2.24) is 14.1 Å². The minimum absolute atomic E-state index is 0.246. The predicted octanol–water partition coefficient (Wildman–Crippen LogP) is 3.78. The zero-order chi connectivity index (χ0) is 21.4. The quantitative estimate of drug-likeness (QED) is 0.509. The minimum atomic E-state index is -0.511. The average molecular weight is 443 g/mol. The zero-order valence-corrected chi connectivity index (χ0v) is 18.0. The van der Waals surface area contributed by atoms with Crippen molar-refractivity contribution in [2.45, 2.75) is 33.4 Å². The Morgan fingerprint density at radius 2 is 2.03 bits per heavy atom. The third-order valence-corrected chi connectivity index (χ3v) is 6.16. The summed E-state index contributed by atoms with van der Waals surface area (Å²) in [7, 11) is 0. The van der Waals surface area contributed by atoms with E-state index in [-0.39, 0.29) is 18.6 Å². The van der Waals surface area contributed by atoms with Gasteiger partial charge in [-0.25, -0.2) is 9.78 Å². The van der Waals surface area contributed by atoms with E-state index in [1.807, 2.05) is 19.9 Å². The number of amides is 1. The summed E-state index contributed by atoms with van der Waals surface area (Å²) in [5.74, 6) is -0.408. The minimum Gasteiger partial charge on any atom is -0.323 e. The molecule has 7 nitrogen and oxygen atoms in total. The maximum atomic E-state index is 13.1. The van der Waals surface area contributed by atoms with Crippen LogP contribution in [0.15, 0.2) is 46.1 Å². The highest BCUT2D eigenvalue weighted by Gasteiger charge is 2.20. The Bertz CT molecular complexity index is 1400. The molecule has 0 fully saturated rings. The molecule has 0 bridgehead atoms. The van der Waals surface area contributed by atoms with Gasteiger partial charge >= 0.3 is 5.69 Å². The number of hydrogen-bond donors (Lipinski definition) is 1. The van der Waals surface area contributed by atoms with Gasteiger partial charge in [0.2, 0.25) is 5.91 Å². The number of carbonyl (C=O) groups is 1. The second-order valence-corrected chi connectivity index (χ2v) is 8.40. The van der Waals surface area contributed by atoms with Gasteiger partial charge in [0.05, 0.1) is 16.2 Å². The number of nitrogens with one attached hydrogen (secondary N) is 1. The molecule has 4 aromatic rings. The molecule has 1 N–H and O–H groups in total. The number of aromatic nitrogens is 3. The number of halogens is 1. The summed E-state index contributed by atoms with van der Waals surface area (Å²) >= 11 is 7.44. The topological polar surface area (TPSA) is 86.0 Å². The van der Waals surface area contributed by atoms with Crippen molar-refractivity contribution in [3.05, 3.63) is 68.0 Å². The fourth-order valence-corrected chi connectivity index (χ4v) is 4.78. The second kappa shape index (κ2) is 8.04. The molecule has 3 heterocycles. The van der Waals surface area contributed by atoms with Gasteiger partial charge in [0, 0.05) is 18.1 Å². The molecule has 30 heavy (non-hydrogen) atoms. The zero-order valence-electron chi connectivity index (χ0n) is 16.4. The molecule has 4 rings (SSSR count). The van der Waals surface area contributed by atoms with Crippen molar-refractivity contribution in [1.29, 1.82) is 0 Å². The van der Waals surface area contributed by atoms with E-state index in [9.17, 15) is 14.4 Å². The van der Waals surface area contributed by atoms with Gasteiger partial charge < -0.3 is 5.32 Å². The van der Waals surface area contributed by atoms with Gasteiger partial charge in [0.15, 0.2) is 0 Å². The molecule has 0 aliphatic carbocycles. The second-order valence-electron chi connectivity index (χ2n) is 6.99. The lowest BCUT2D eigenvalue weighted by molar-refractivity contribution is -0.116. The van der Waals surface area contributed by atoms with Crippen molar-refractivity contribution >= 4 is 55.0 Å². The number of aryl methyl sites for hydroxylation is 1. The van der Waals surface area contributed by atoms with Gasteiger partial charge in [-0.15, -0.1) is 11.3 Å². The SMILES string of the molecule is CCCn1c(=O)c2sc3ncccc3c2n(CC(=O)Nc2ccc(C)cc2Cl)c1=O. The van der Waals surface area contributed by atoms with Gasteiger partial charge in [-0.05, 0) is 43.2 Å². The van der Waals surface area contributed by atoms with Crippen molar-refractivity contribution in [3.63, 3.8) is 0 Å². The summed E-state index contributed by atoms with van der Waals surface area (Å²) in [6.45, 7) is 3.82. The van der Waals surface area contributed by atoms with Crippen LogP contribution in [-0.2, 0) is 17.9 Å². The highest BCUT2D eigenvalue weighted by molar-refractivity contribution is 7.25.